The van der Waals surface area contributed by atoms with E-state index in [2.05, 4.69) is 4.90 Å². The van der Waals surface area contributed by atoms with Gasteiger partial charge in [-0.3, -0.25) is 4.90 Å². The molecule has 1 aliphatic carbocycles. The summed E-state index contributed by atoms with van der Waals surface area (Å²) in [7, 11) is 0. The molecule has 1 aromatic rings. The monoisotopic (exact) mass is 275 g/mol. The first-order chi connectivity index (χ1) is 9.70. The van der Waals surface area contributed by atoms with E-state index in [4.69, 9.17) is 9.84 Å². The zero-order valence-electron chi connectivity index (χ0n) is 11.6. The Morgan fingerprint density at radius 3 is 2.80 bits per heavy atom. The largest absolute Gasteiger partial charge is 0.482 e. The maximum absolute atomic E-state index is 10.4. The first kappa shape index (κ1) is 13.4. The van der Waals surface area contributed by atoms with Crippen LogP contribution in [-0.4, -0.2) is 35.2 Å². The fraction of sp³-hybridized carbons (Fsp3) is 0.562. The second kappa shape index (κ2) is 5.83. The van der Waals surface area contributed by atoms with Crippen LogP contribution in [0.1, 0.15) is 31.2 Å². The second-order valence-electron chi connectivity index (χ2n) is 5.94. The summed E-state index contributed by atoms with van der Waals surface area (Å²) in [5.41, 5.74) is 1.28. The summed E-state index contributed by atoms with van der Waals surface area (Å²) in [6, 6.07) is 8.58. The van der Waals surface area contributed by atoms with Gasteiger partial charge >= 0.3 is 5.97 Å². The van der Waals surface area contributed by atoms with Gasteiger partial charge in [-0.25, -0.2) is 4.79 Å². The lowest BCUT2D eigenvalue weighted by Crippen LogP contribution is -2.28. The van der Waals surface area contributed by atoms with Gasteiger partial charge in [-0.15, -0.1) is 0 Å². The predicted molar refractivity (Wildman–Crippen MR) is 75.7 cm³/mol. The number of carbonyl (C=O) groups is 1. The zero-order valence-corrected chi connectivity index (χ0v) is 11.6. The predicted octanol–water partition coefficient (Wildman–Crippen LogP) is 2.52. The number of likely N-dealkylation sites (tertiary alicyclic amines) is 1. The third-order valence-electron chi connectivity index (χ3n) is 4.44. The minimum atomic E-state index is -0.946. The Labute approximate surface area is 119 Å². The van der Waals surface area contributed by atoms with Crippen molar-refractivity contribution in [3.05, 3.63) is 29.8 Å². The topological polar surface area (TPSA) is 49.8 Å². The number of rotatable bonds is 5. The molecule has 1 heterocycles. The molecule has 108 valence electrons. The number of benzene rings is 1. The molecule has 0 spiro atoms. The van der Waals surface area contributed by atoms with Crippen LogP contribution in [0.4, 0.5) is 0 Å². The molecule has 1 aromatic carbocycles. The molecule has 0 unspecified atom stereocenters. The lowest BCUT2D eigenvalue weighted by molar-refractivity contribution is -0.139. The molecule has 20 heavy (non-hydrogen) atoms. The van der Waals surface area contributed by atoms with Crippen molar-refractivity contribution in [2.75, 3.05) is 13.2 Å². The number of hydrogen-bond donors (Lipinski definition) is 1. The lowest BCUT2D eigenvalue weighted by Gasteiger charge is -2.24. The number of carboxylic acid groups (broad SMARTS) is 1. The molecule has 2 bridgehead atoms. The minimum Gasteiger partial charge on any atom is -0.482 e. The molecule has 0 aromatic heterocycles. The molecule has 2 aliphatic rings. The number of carboxylic acids is 1. The van der Waals surface area contributed by atoms with Crippen molar-refractivity contribution in [1.82, 2.24) is 4.90 Å². The highest BCUT2D eigenvalue weighted by Crippen LogP contribution is 2.36. The molecule has 3 rings (SSSR count). The zero-order chi connectivity index (χ0) is 13.9. The normalized spacial score (nSPS) is 25.6. The molecular formula is C16H21NO3. The third kappa shape index (κ3) is 3.12. The molecule has 0 radical (unpaired) electrons. The molecule has 4 heteroatoms. The fourth-order valence-corrected chi connectivity index (χ4v) is 3.51. The highest BCUT2D eigenvalue weighted by molar-refractivity contribution is 5.68. The van der Waals surface area contributed by atoms with Crippen LogP contribution in [0.3, 0.4) is 0 Å². The van der Waals surface area contributed by atoms with Crippen LogP contribution in [0.5, 0.6) is 5.75 Å². The van der Waals surface area contributed by atoms with E-state index in [1.807, 2.05) is 24.3 Å². The highest BCUT2D eigenvalue weighted by atomic mass is 16.5. The van der Waals surface area contributed by atoms with Gasteiger partial charge in [0.05, 0.1) is 0 Å². The van der Waals surface area contributed by atoms with E-state index in [1.54, 1.807) is 0 Å². The van der Waals surface area contributed by atoms with Gasteiger partial charge in [0.25, 0.3) is 0 Å². The van der Waals surface area contributed by atoms with E-state index in [1.165, 1.54) is 37.8 Å². The number of hydrogen-bond acceptors (Lipinski definition) is 3. The smallest absolute Gasteiger partial charge is 0.341 e. The Morgan fingerprint density at radius 1 is 1.30 bits per heavy atom. The van der Waals surface area contributed by atoms with Crippen LogP contribution in [0.2, 0.25) is 0 Å². The molecule has 1 N–H and O–H groups in total. The lowest BCUT2D eigenvalue weighted by atomic mass is 9.90. The van der Waals surface area contributed by atoms with E-state index >= 15 is 0 Å². The van der Waals surface area contributed by atoms with E-state index in [0.29, 0.717) is 5.75 Å². The van der Waals surface area contributed by atoms with Gasteiger partial charge in [-0.1, -0.05) is 18.6 Å². The summed E-state index contributed by atoms with van der Waals surface area (Å²) in [5, 5.41) is 8.57. The maximum atomic E-state index is 10.4. The van der Waals surface area contributed by atoms with Crippen molar-refractivity contribution in [3.8, 4) is 5.75 Å². The Morgan fingerprint density at radius 2 is 2.10 bits per heavy atom. The van der Waals surface area contributed by atoms with Crippen molar-refractivity contribution < 1.29 is 14.6 Å². The average Bonchev–Trinajstić information content (AvgIpc) is 2.72. The van der Waals surface area contributed by atoms with Crippen LogP contribution in [0.15, 0.2) is 24.3 Å². The molecule has 4 nitrogen and oxygen atoms in total. The van der Waals surface area contributed by atoms with Crippen molar-refractivity contribution in [2.45, 2.75) is 38.3 Å². The van der Waals surface area contributed by atoms with Gasteiger partial charge in [-0.05, 0) is 42.9 Å². The molecule has 0 amide bonds. The standard InChI is InChI=1S/C16H21NO3/c18-16(19)11-20-15-6-4-12(5-7-15)9-17-10-13-2-1-3-14(17)8-13/h4-7,13-14H,1-3,8-11H2,(H,18,19)/t13-,14+/m1/s1. The van der Waals surface area contributed by atoms with Crippen molar-refractivity contribution >= 4 is 5.97 Å². The molecule has 2 atom stereocenters. The molecular weight excluding hydrogens is 254 g/mol. The van der Waals surface area contributed by atoms with Crippen molar-refractivity contribution in [3.63, 3.8) is 0 Å². The Kier molecular flexibility index (Phi) is 3.92. The Bertz CT molecular complexity index is 471. The summed E-state index contributed by atoms with van der Waals surface area (Å²) < 4.78 is 5.15. The number of aliphatic carboxylic acids is 1. The fourth-order valence-electron chi connectivity index (χ4n) is 3.51. The summed E-state index contributed by atoms with van der Waals surface area (Å²) in [6.45, 7) is 1.96. The molecule has 1 saturated carbocycles. The van der Waals surface area contributed by atoms with Crippen molar-refractivity contribution in [1.29, 1.82) is 0 Å². The van der Waals surface area contributed by atoms with Crippen LogP contribution < -0.4 is 4.74 Å². The summed E-state index contributed by atoms with van der Waals surface area (Å²) >= 11 is 0. The number of fused-ring (bicyclic) bond motifs is 2. The third-order valence-corrected chi connectivity index (χ3v) is 4.44. The Hall–Kier alpha value is -1.55. The summed E-state index contributed by atoms with van der Waals surface area (Å²) in [5.74, 6) is 0.585. The van der Waals surface area contributed by atoms with Gasteiger partial charge in [-0.2, -0.15) is 0 Å². The van der Waals surface area contributed by atoms with Gasteiger partial charge < -0.3 is 9.84 Å². The summed E-state index contributed by atoms with van der Waals surface area (Å²) in [6.07, 6.45) is 5.50. The van der Waals surface area contributed by atoms with Gasteiger partial charge in [0, 0.05) is 19.1 Å². The number of ether oxygens (including phenoxy) is 1. The maximum Gasteiger partial charge on any atom is 0.341 e. The van der Waals surface area contributed by atoms with Crippen LogP contribution >= 0.6 is 0 Å². The second-order valence-corrected chi connectivity index (χ2v) is 5.94. The minimum absolute atomic E-state index is 0.283. The van der Waals surface area contributed by atoms with Gasteiger partial charge in [0.1, 0.15) is 5.75 Å². The molecule has 1 saturated heterocycles. The molecule has 1 aliphatic heterocycles. The van der Waals surface area contributed by atoms with Crippen LogP contribution in [-0.2, 0) is 11.3 Å². The first-order valence-corrected chi connectivity index (χ1v) is 7.38. The van der Waals surface area contributed by atoms with Crippen molar-refractivity contribution in [2.24, 2.45) is 5.92 Å². The highest BCUT2D eigenvalue weighted by Gasteiger charge is 2.34. The van der Waals surface area contributed by atoms with E-state index in [0.717, 1.165) is 18.5 Å². The summed E-state index contributed by atoms with van der Waals surface area (Å²) in [4.78, 5) is 13.0. The van der Waals surface area contributed by atoms with Gasteiger partial charge in [0.2, 0.25) is 0 Å². The first-order valence-electron chi connectivity index (χ1n) is 7.38. The average molecular weight is 275 g/mol. The quantitative estimate of drug-likeness (QED) is 0.897. The van der Waals surface area contributed by atoms with E-state index in [9.17, 15) is 4.79 Å². The van der Waals surface area contributed by atoms with E-state index in [-0.39, 0.29) is 6.61 Å². The van der Waals surface area contributed by atoms with Gasteiger partial charge in [0.15, 0.2) is 6.61 Å². The Balaban J connectivity index is 1.56. The number of nitrogens with zero attached hydrogens (tertiary/aromatic N) is 1. The van der Waals surface area contributed by atoms with E-state index < -0.39 is 5.97 Å². The molecule has 2 fully saturated rings. The van der Waals surface area contributed by atoms with Crippen LogP contribution in [0.25, 0.3) is 0 Å². The SMILES string of the molecule is O=C(O)COc1ccc(CN2C[C@@H]3CCC[C@H]2C3)cc1. The van der Waals surface area contributed by atoms with Crippen LogP contribution in [0, 0.1) is 5.92 Å².